The Hall–Kier alpha value is -1.71. The topological polar surface area (TPSA) is 69.9 Å². The van der Waals surface area contributed by atoms with Gasteiger partial charge in [0.25, 0.3) is 0 Å². The van der Waals surface area contributed by atoms with E-state index in [0.29, 0.717) is 5.82 Å². The van der Waals surface area contributed by atoms with Crippen molar-refractivity contribution in [2.45, 2.75) is 13.5 Å². The Labute approximate surface area is 76.1 Å². The Kier molecular flexibility index (Phi) is 1.62. The molecule has 0 aliphatic carbocycles. The quantitative estimate of drug-likeness (QED) is 0.642. The summed E-state index contributed by atoms with van der Waals surface area (Å²) in [6, 6.07) is 5.65. The number of hydrogen-bond acceptors (Lipinski definition) is 3. The fraction of sp³-hybridized carbons (Fsp3) is 0.222. The minimum atomic E-state index is 0.546. The number of fused-ring (bicyclic) bond motifs is 1. The van der Waals surface area contributed by atoms with Crippen molar-refractivity contribution in [2.75, 3.05) is 11.5 Å². The van der Waals surface area contributed by atoms with Gasteiger partial charge in [0.05, 0.1) is 5.52 Å². The number of rotatable bonds is 1. The van der Waals surface area contributed by atoms with Gasteiger partial charge in [-0.15, -0.1) is 0 Å². The van der Waals surface area contributed by atoms with Crippen LogP contribution in [0, 0.1) is 0 Å². The molecule has 0 unspecified atom stereocenters. The molecular weight excluding hydrogens is 164 g/mol. The van der Waals surface area contributed by atoms with E-state index in [-0.39, 0.29) is 0 Å². The van der Waals surface area contributed by atoms with Crippen LogP contribution >= 0.6 is 0 Å². The van der Waals surface area contributed by atoms with Crippen LogP contribution in [0.15, 0.2) is 18.2 Å². The van der Waals surface area contributed by atoms with Crippen LogP contribution in [-0.4, -0.2) is 9.78 Å². The second kappa shape index (κ2) is 2.65. The van der Waals surface area contributed by atoms with Crippen LogP contribution in [-0.2, 0) is 6.54 Å². The van der Waals surface area contributed by atoms with Crippen LogP contribution in [0.5, 0.6) is 0 Å². The third-order valence-electron chi connectivity index (χ3n) is 2.10. The van der Waals surface area contributed by atoms with Crippen LogP contribution in [0.4, 0.5) is 11.5 Å². The Morgan fingerprint density at radius 3 is 2.85 bits per heavy atom. The molecule has 4 nitrogen and oxygen atoms in total. The van der Waals surface area contributed by atoms with E-state index in [1.807, 2.05) is 29.8 Å². The average molecular weight is 176 g/mol. The standard InChI is InChI=1S/C9H12N4/c1-2-13-8-4-3-6(10)5-7(8)9(11)12-13/h3-5H,2,10H2,1H3,(H2,11,12). The maximum atomic E-state index is 5.73. The number of anilines is 2. The predicted molar refractivity (Wildman–Crippen MR) is 54.2 cm³/mol. The lowest BCUT2D eigenvalue weighted by Gasteiger charge is -1.97. The summed E-state index contributed by atoms with van der Waals surface area (Å²) in [5.41, 5.74) is 13.1. The maximum Gasteiger partial charge on any atom is 0.153 e. The highest BCUT2D eigenvalue weighted by atomic mass is 15.3. The maximum absolute atomic E-state index is 5.73. The zero-order valence-electron chi connectivity index (χ0n) is 7.49. The molecule has 1 aromatic heterocycles. The summed E-state index contributed by atoms with van der Waals surface area (Å²) in [6.07, 6.45) is 0. The molecular formula is C9H12N4. The van der Waals surface area contributed by atoms with Gasteiger partial charge in [-0.25, -0.2) is 0 Å². The summed E-state index contributed by atoms with van der Waals surface area (Å²) in [5.74, 6) is 0.546. The molecule has 0 saturated heterocycles. The van der Waals surface area contributed by atoms with Crippen molar-refractivity contribution in [1.82, 2.24) is 9.78 Å². The number of aromatic nitrogens is 2. The normalized spacial score (nSPS) is 10.8. The summed E-state index contributed by atoms with van der Waals surface area (Å²) in [6.45, 7) is 2.85. The number of aryl methyl sites for hydroxylation is 1. The molecule has 0 bridgehead atoms. The van der Waals surface area contributed by atoms with E-state index in [1.54, 1.807) is 0 Å². The second-order valence-corrected chi connectivity index (χ2v) is 2.98. The lowest BCUT2D eigenvalue weighted by molar-refractivity contribution is 0.687. The van der Waals surface area contributed by atoms with Crippen molar-refractivity contribution in [3.8, 4) is 0 Å². The Bertz CT molecular complexity index is 444. The predicted octanol–water partition coefficient (Wildman–Crippen LogP) is 1.22. The number of benzene rings is 1. The Balaban J connectivity index is 2.80. The molecule has 0 aliphatic rings. The average Bonchev–Trinajstić information content (AvgIpc) is 2.43. The smallest absolute Gasteiger partial charge is 0.153 e. The van der Waals surface area contributed by atoms with Gasteiger partial charge in [-0.3, -0.25) is 4.68 Å². The van der Waals surface area contributed by atoms with Crippen molar-refractivity contribution < 1.29 is 0 Å². The molecule has 0 spiro atoms. The van der Waals surface area contributed by atoms with Gasteiger partial charge in [0.15, 0.2) is 5.82 Å². The fourth-order valence-corrected chi connectivity index (χ4v) is 1.46. The van der Waals surface area contributed by atoms with Crippen molar-refractivity contribution in [3.05, 3.63) is 18.2 Å². The summed E-state index contributed by atoms with van der Waals surface area (Å²) >= 11 is 0. The first-order valence-corrected chi connectivity index (χ1v) is 4.24. The first kappa shape index (κ1) is 7.91. The molecule has 0 atom stereocenters. The molecule has 0 aliphatic heterocycles. The zero-order chi connectivity index (χ0) is 9.42. The van der Waals surface area contributed by atoms with Crippen LogP contribution < -0.4 is 11.5 Å². The van der Waals surface area contributed by atoms with E-state index < -0.39 is 0 Å². The van der Waals surface area contributed by atoms with Gasteiger partial charge in [-0.2, -0.15) is 5.10 Å². The van der Waals surface area contributed by atoms with Crippen LogP contribution in [0.3, 0.4) is 0 Å². The van der Waals surface area contributed by atoms with Gasteiger partial charge >= 0.3 is 0 Å². The molecule has 0 saturated carbocycles. The van der Waals surface area contributed by atoms with E-state index in [0.717, 1.165) is 23.1 Å². The number of hydrogen-bond donors (Lipinski definition) is 2. The number of nitrogens with zero attached hydrogens (tertiary/aromatic N) is 2. The highest BCUT2D eigenvalue weighted by Gasteiger charge is 2.05. The highest BCUT2D eigenvalue weighted by molar-refractivity contribution is 5.91. The zero-order valence-corrected chi connectivity index (χ0v) is 7.49. The van der Waals surface area contributed by atoms with E-state index in [9.17, 15) is 0 Å². The van der Waals surface area contributed by atoms with Crippen molar-refractivity contribution >= 4 is 22.4 Å². The van der Waals surface area contributed by atoms with Gasteiger partial charge in [0.1, 0.15) is 0 Å². The molecule has 2 aromatic rings. The van der Waals surface area contributed by atoms with E-state index >= 15 is 0 Å². The summed E-state index contributed by atoms with van der Waals surface area (Å²) in [7, 11) is 0. The van der Waals surface area contributed by atoms with Crippen molar-refractivity contribution in [2.24, 2.45) is 0 Å². The largest absolute Gasteiger partial charge is 0.399 e. The monoisotopic (exact) mass is 176 g/mol. The summed E-state index contributed by atoms with van der Waals surface area (Å²) < 4.78 is 1.87. The molecule has 1 aromatic carbocycles. The SMILES string of the molecule is CCn1nc(N)c2cc(N)ccc21. The lowest BCUT2D eigenvalue weighted by atomic mass is 10.2. The van der Waals surface area contributed by atoms with Gasteiger partial charge in [-0.1, -0.05) is 0 Å². The molecule has 0 fully saturated rings. The van der Waals surface area contributed by atoms with Gasteiger partial charge < -0.3 is 11.5 Å². The molecule has 13 heavy (non-hydrogen) atoms. The molecule has 2 rings (SSSR count). The van der Waals surface area contributed by atoms with E-state index in [2.05, 4.69) is 5.10 Å². The van der Waals surface area contributed by atoms with Gasteiger partial charge in [0, 0.05) is 17.6 Å². The molecule has 68 valence electrons. The van der Waals surface area contributed by atoms with Crippen LogP contribution in [0.25, 0.3) is 10.9 Å². The number of nitrogens with two attached hydrogens (primary N) is 2. The molecule has 1 heterocycles. The van der Waals surface area contributed by atoms with Gasteiger partial charge in [0.2, 0.25) is 0 Å². The Morgan fingerprint density at radius 2 is 2.15 bits per heavy atom. The summed E-state index contributed by atoms with van der Waals surface area (Å²) in [5, 5.41) is 5.12. The molecule has 0 radical (unpaired) electrons. The first-order valence-electron chi connectivity index (χ1n) is 4.24. The van der Waals surface area contributed by atoms with Crippen molar-refractivity contribution in [3.63, 3.8) is 0 Å². The lowest BCUT2D eigenvalue weighted by Crippen LogP contribution is -1.96. The number of nitrogen functional groups attached to an aromatic ring is 2. The van der Waals surface area contributed by atoms with E-state index in [1.165, 1.54) is 0 Å². The van der Waals surface area contributed by atoms with Gasteiger partial charge in [-0.05, 0) is 25.1 Å². The van der Waals surface area contributed by atoms with E-state index in [4.69, 9.17) is 11.5 Å². The Morgan fingerprint density at radius 1 is 1.38 bits per heavy atom. The fourth-order valence-electron chi connectivity index (χ4n) is 1.46. The van der Waals surface area contributed by atoms with Crippen molar-refractivity contribution in [1.29, 1.82) is 0 Å². The molecule has 4 N–H and O–H groups in total. The van der Waals surface area contributed by atoms with Crippen LogP contribution in [0.1, 0.15) is 6.92 Å². The minimum Gasteiger partial charge on any atom is -0.399 e. The first-order chi connectivity index (χ1) is 6.22. The third kappa shape index (κ3) is 1.11. The second-order valence-electron chi connectivity index (χ2n) is 2.98. The molecule has 4 heteroatoms. The van der Waals surface area contributed by atoms with Crippen LogP contribution in [0.2, 0.25) is 0 Å². The molecule has 0 amide bonds. The summed E-state index contributed by atoms with van der Waals surface area (Å²) in [4.78, 5) is 0. The highest BCUT2D eigenvalue weighted by Crippen LogP contribution is 2.22. The third-order valence-corrected chi connectivity index (χ3v) is 2.10. The minimum absolute atomic E-state index is 0.546.